The number of aromatic nitrogens is 3. The largest absolute Gasteiger partial charge is 0.507 e. The monoisotopic (exact) mass is 387 g/mol. The Hall–Kier alpha value is -2.51. The Labute approximate surface area is 161 Å². The first-order valence-corrected chi connectivity index (χ1v) is 9.14. The summed E-state index contributed by atoms with van der Waals surface area (Å²) in [5.41, 5.74) is 0.234. The molecule has 0 unspecified atom stereocenters. The Bertz CT molecular complexity index is 976. The molecule has 27 heavy (non-hydrogen) atoms. The lowest BCUT2D eigenvalue weighted by Gasteiger charge is -2.30. The summed E-state index contributed by atoms with van der Waals surface area (Å²) < 4.78 is 14.5. The second-order valence-electron chi connectivity index (χ2n) is 6.85. The van der Waals surface area contributed by atoms with Gasteiger partial charge in [0.05, 0.1) is 5.56 Å². The summed E-state index contributed by atoms with van der Waals surface area (Å²) in [6.45, 7) is 2.00. The summed E-state index contributed by atoms with van der Waals surface area (Å²) in [7, 11) is 2.09. The number of benzene rings is 1. The zero-order valence-corrected chi connectivity index (χ0v) is 15.5. The van der Waals surface area contributed by atoms with Gasteiger partial charge in [-0.1, -0.05) is 11.6 Å². The van der Waals surface area contributed by atoms with Gasteiger partial charge in [0.15, 0.2) is 5.82 Å². The fraction of sp³-hybridized carbons (Fsp3) is 0.316. The predicted molar refractivity (Wildman–Crippen MR) is 104 cm³/mol. The maximum atomic E-state index is 14.5. The Kier molecular flexibility index (Phi) is 4.80. The number of halogens is 2. The van der Waals surface area contributed by atoms with Gasteiger partial charge in [-0.2, -0.15) is 0 Å². The van der Waals surface area contributed by atoms with Gasteiger partial charge < -0.3 is 15.3 Å². The number of likely N-dealkylation sites (tertiary alicyclic amines) is 1. The van der Waals surface area contributed by atoms with E-state index in [1.165, 1.54) is 6.07 Å². The Morgan fingerprint density at radius 1 is 1.30 bits per heavy atom. The fourth-order valence-corrected chi connectivity index (χ4v) is 3.76. The molecule has 6 nitrogen and oxygen atoms in total. The van der Waals surface area contributed by atoms with Crippen LogP contribution in [0.5, 0.6) is 5.75 Å². The molecule has 1 atom stereocenters. The van der Waals surface area contributed by atoms with Crippen molar-refractivity contribution in [3.63, 3.8) is 0 Å². The van der Waals surface area contributed by atoms with Gasteiger partial charge in [0.25, 0.3) is 0 Å². The van der Waals surface area contributed by atoms with E-state index in [0.717, 1.165) is 37.4 Å². The summed E-state index contributed by atoms with van der Waals surface area (Å²) in [6.07, 6.45) is 5.44. The summed E-state index contributed by atoms with van der Waals surface area (Å²) in [6, 6.07) is 4.44. The standard InChI is InChI=1S/C19H19ClFN5O/c1-26-6-2-3-12(10-26)23-19-14-9-22-5-4-13(14)18(24-25-19)17-15(21)7-11(20)8-16(17)27/h4-5,7-9,12,27H,2-3,6,10H2,1H3,(H,23,25)/t12-/m1/s1. The lowest BCUT2D eigenvalue weighted by molar-refractivity contribution is 0.261. The minimum atomic E-state index is -0.651. The first-order chi connectivity index (χ1) is 13.0. The van der Waals surface area contributed by atoms with Gasteiger partial charge >= 0.3 is 0 Å². The first-order valence-electron chi connectivity index (χ1n) is 8.77. The van der Waals surface area contributed by atoms with Crippen LogP contribution in [-0.2, 0) is 0 Å². The van der Waals surface area contributed by atoms with Crippen molar-refractivity contribution >= 4 is 28.2 Å². The lowest BCUT2D eigenvalue weighted by atomic mass is 10.0. The smallest absolute Gasteiger partial charge is 0.158 e. The second-order valence-corrected chi connectivity index (χ2v) is 7.28. The molecule has 3 aromatic rings. The number of hydrogen-bond acceptors (Lipinski definition) is 6. The number of pyridine rings is 1. The van der Waals surface area contributed by atoms with E-state index in [2.05, 4.69) is 32.4 Å². The van der Waals surface area contributed by atoms with Gasteiger partial charge in [0.1, 0.15) is 17.3 Å². The van der Waals surface area contributed by atoms with Gasteiger partial charge in [0.2, 0.25) is 0 Å². The van der Waals surface area contributed by atoms with E-state index in [9.17, 15) is 9.50 Å². The maximum absolute atomic E-state index is 14.5. The van der Waals surface area contributed by atoms with Crippen molar-refractivity contribution < 1.29 is 9.50 Å². The van der Waals surface area contributed by atoms with Crippen molar-refractivity contribution in [1.29, 1.82) is 0 Å². The molecule has 140 valence electrons. The molecule has 4 rings (SSSR count). The van der Waals surface area contributed by atoms with E-state index in [4.69, 9.17) is 11.6 Å². The van der Waals surface area contributed by atoms with Crippen molar-refractivity contribution in [2.24, 2.45) is 0 Å². The number of anilines is 1. The molecule has 1 aliphatic heterocycles. The summed E-state index contributed by atoms with van der Waals surface area (Å²) in [5, 5.41) is 23.6. The third-order valence-corrected chi connectivity index (χ3v) is 5.04. The van der Waals surface area contributed by atoms with E-state index < -0.39 is 5.82 Å². The quantitative estimate of drug-likeness (QED) is 0.713. The molecule has 1 fully saturated rings. The van der Waals surface area contributed by atoms with Crippen LogP contribution in [-0.4, -0.2) is 51.4 Å². The first kappa shape index (κ1) is 17.9. The highest BCUT2D eigenvalue weighted by atomic mass is 35.5. The van der Waals surface area contributed by atoms with Crippen LogP contribution in [0.1, 0.15) is 12.8 Å². The molecular formula is C19H19ClFN5O. The van der Waals surface area contributed by atoms with Crippen LogP contribution in [0.4, 0.5) is 10.2 Å². The van der Waals surface area contributed by atoms with Crippen LogP contribution in [0.3, 0.4) is 0 Å². The molecule has 1 aromatic carbocycles. The molecule has 0 spiro atoms. The molecule has 0 saturated carbocycles. The average molecular weight is 388 g/mol. The van der Waals surface area contributed by atoms with Gasteiger partial charge in [-0.15, -0.1) is 10.2 Å². The van der Waals surface area contributed by atoms with Gasteiger partial charge in [-0.05, 0) is 44.6 Å². The van der Waals surface area contributed by atoms with E-state index in [0.29, 0.717) is 11.2 Å². The third-order valence-electron chi connectivity index (χ3n) is 4.82. The summed E-state index contributed by atoms with van der Waals surface area (Å²) >= 11 is 5.81. The molecule has 2 N–H and O–H groups in total. The second kappa shape index (κ2) is 7.25. The molecule has 0 amide bonds. The SMILES string of the molecule is CN1CCC[C@@H](Nc2nnc(-c3c(O)cc(Cl)cc3F)c3ccncc23)C1. The summed E-state index contributed by atoms with van der Waals surface area (Å²) in [4.78, 5) is 6.45. The third kappa shape index (κ3) is 3.52. The zero-order valence-electron chi connectivity index (χ0n) is 14.8. The zero-order chi connectivity index (χ0) is 19.0. The highest BCUT2D eigenvalue weighted by Crippen LogP contribution is 2.37. The van der Waals surface area contributed by atoms with Crippen LogP contribution in [0.25, 0.3) is 22.0 Å². The number of phenolic OH excluding ortho intramolecular Hbond substituents is 1. The topological polar surface area (TPSA) is 74.2 Å². The molecule has 0 aliphatic carbocycles. The van der Waals surface area contributed by atoms with Crippen LogP contribution in [0.2, 0.25) is 5.02 Å². The molecule has 1 saturated heterocycles. The predicted octanol–water partition coefficient (Wildman–Crippen LogP) is 3.70. The van der Waals surface area contributed by atoms with E-state index >= 15 is 0 Å². The molecule has 0 bridgehead atoms. The number of phenols is 1. The van der Waals surface area contributed by atoms with Crippen LogP contribution >= 0.6 is 11.6 Å². The number of likely N-dealkylation sites (N-methyl/N-ethyl adjacent to an activating group) is 1. The van der Waals surface area contributed by atoms with Gasteiger partial charge in [0, 0.05) is 40.8 Å². The highest BCUT2D eigenvalue weighted by molar-refractivity contribution is 6.30. The minimum absolute atomic E-state index is 0.0213. The molecule has 8 heteroatoms. The van der Waals surface area contributed by atoms with E-state index in [-0.39, 0.29) is 28.1 Å². The molecular weight excluding hydrogens is 369 g/mol. The number of aromatic hydroxyl groups is 1. The fourth-order valence-electron chi connectivity index (χ4n) is 3.56. The van der Waals surface area contributed by atoms with E-state index in [1.807, 2.05) is 0 Å². The van der Waals surface area contributed by atoms with Crippen molar-refractivity contribution in [2.45, 2.75) is 18.9 Å². The lowest BCUT2D eigenvalue weighted by Crippen LogP contribution is -2.40. The number of nitrogens with zero attached hydrogens (tertiary/aromatic N) is 4. The normalized spacial score (nSPS) is 18.0. The highest BCUT2D eigenvalue weighted by Gasteiger charge is 2.21. The number of piperidine rings is 1. The van der Waals surface area contributed by atoms with Gasteiger partial charge in [-0.25, -0.2) is 4.39 Å². The molecule has 3 heterocycles. The minimum Gasteiger partial charge on any atom is -0.507 e. The Morgan fingerprint density at radius 2 is 2.15 bits per heavy atom. The number of rotatable bonds is 3. The van der Waals surface area contributed by atoms with Crippen LogP contribution in [0, 0.1) is 5.82 Å². The van der Waals surface area contributed by atoms with Crippen molar-refractivity contribution in [1.82, 2.24) is 20.1 Å². The van der Waals surface area contributed by atoms with Crippen LogP contribution in [0.15, 0.2) is 30.6 Å². The summed E-state index contributed by atoms with van der Waals surface area (Å²) in [5.74, 6) is -0.319. The molecule has 1 aliphatic rings. The van der Waals surface area contributed by atoms with Crippen molar-refractivity contribution in [2.75, 3.05) is 25.5 Å². The Balaban J connectivity index is 1.79. The van der Waals surface area contributed by atoms with E-state index in [1.54, 1.807) is 18.5 Å². The van der Waals surface area contributed by atoms with Gasteiger partial charge in [-0.3, -0.25) is 4.98 Å². The molecule has 0 radical (unpaired) electrons. The number of fused-ring (bicyclic) bond motifs is 1. The van der Waals surface area contributed by atoms with Crippen molar-refractivity contribution in [3.05, 3.63) is 41.4 Å². The van der Waals surface area contributed by atoms with Crippen molar-refractivity contribution in [3.8, 4) is 17.0 Å². The Morgan fingerprint density at radius 3 is 2.93 bits per heavy atom. The maximum Gasteiger partial charge on any atom is 0.158 e. The van der Waals surface area contributed by atoms with Crippen LogP contribution < -0.4 is 5.32 Å². The number of hydrogen-bond donors (Lipinski definition) is 2. The average Bonchev–Trinajstić information content (AvgIpc) is 2.62. The number of nitrogens with one attached hydrogen (secondary N) is 1. The molecule has 2 aromatic heterocycles.